The molecular formula is C28H25BrN2O. The van der Waals surface area contributed by atoms with Gasteiger partial charge in [0.1, 0.15) is 12.4 Å². The minimum absolute atomic E-state index is 0.540. The lowest BCUT2D eigenvalue weighted by Gasteiger charge is -2.19. The molecule has 0 amide bonds. The molecule has 0 spiro atoms. The SMILES string of the molecule is Cc1cc(/C=N\N(c2ccccc2)c2ccccc2)cc(C)c1OCc1ccc(Br)cc1. The number of anilines is 2. The lowest BCUT2D eigenvalue weighted by atomic mass is 10.1. The Labute approximate surface area is 198 Å². The summed E-state index contributed by atoms with van der Waals surface area (Å²) in [5, 5.41) is 6.76. The van der Waals surface area contributed by atoms with Crippen LogP contribution >= 0.6 is 15.9 Å². The summed E-state index contributed by atoms with van der Waals surface area (Å²) in [5.41, 5.74) is 6.38. The number of para-hydroxylation sites is 2. The number of nitrogens with zero attached hydrogens (tertiary/aromatic N) is 2. The number of hydrogen-bond donors (Lipinski definition) is 0. The molecule has 4 aromatic rings. The van der Waals surface area contributed by atoms with Gasteiger partial charge in [-0.2, -0.15) is 5.10 Å². The number of hydrazone groups is 1. The van der Waals surface area contributed by atoms with Crippen molar-refractivity contribution in [2.24, 2.45) is 5.10 Å². The van der Waals surface area contributed by atoms with Gasteiger partial charge in [0.15, 0.2) is 0 Å². The molecule has 0 fully saturated rings. The van der Waals surface area contributed by atoms with Crippen molar-refractivity contribution in [2.45, 2.75) is 20.5 Å². The van der Waals surface area contributed by atoms with Crippen molar-refractivity contribution < 1.29 is 4.74 Å². The van der Waals surface area contributed by atoms with Crippen molar-refractivity contribution in [1.29, 1.82) is 0 Å². The van der Waals surface area contributed by atoms with Crippen molar-refractivity contribution in [2.75, 3.05) is 5.01 Å². The average Bonchev–Trinajstić information content (AvgIpc) is 2.81. The highest BCUT2D eigenvalue weighted by atomic mass is 79.9. The predicted molar refractivity (Wildman–Crippen MR) is 137 cm³/mol. The van der Waals surface area contributed by atoms with Crippen molar-refractivity contribution in [1.82, 2.24) is 0 Å². The Balaban J connectivity index is 1.55. The minimum Gasteiger partial charge on any atom is -0.488 e. The van der Waals surface area contributed by atoms with E-state index in [-0.39, 0.29) is 0 Å². The molecule has 0 heterocycles. The fraction of sp³-hybridized carbons (Fsp3) is 0.107. The summed E-state index contributed by atoms with van der Waals surface area (Å²) in [6, 6.07) is 32.7. The van der Waals surface area contributed by atoms with Crippen LogP contribution < -0.4 is 9.75 Å². The molecule has 0 aliphatic heterocycles. The summed E-state index contributed by atoms with van der Waals surface area (Å²) in [6.45, 7) is 4.69. The Hall–Kier alpha value is -3.37. The Morgan fingerprint density at radius 3 is 1.84 bits per heavy atom. The van der Waals surface area contributed by atoms with Gasteiger partial charge in [0.2, 0.25) is 0 Å². The minimum atomic E-state index is 0.540. The number of aryl methyl sites for hydroxylation is 2. The third-order valence-electron chi connectivity index (χ3n) is 5.10. The monoisotopic (exact) mass is 484 g/mol. The first-order valence-electron chi connectivity index (χ1n) is 10.5. The van der Waals surface area contributed by atoms with E-state index in [4.69, 9.17) is 9.84 Å². The number of ether oxygens (including phenoxy) is 1. The van der Waals surface area contributed by atoms with Crippen LogP contribution in [0.15, 0.2) is 107 Å². The number of rotatable bonds is 7. The molecule has 4 heteroatoms. The zero-order valence-corrected chi connectivity index (χ0v) is 19.8. The van der Waals surface area contributed by atoms with E-state index in [2.05, 4.69) is 78.3 Å². The summed E-state index contributed by atoms with van der Waals surface area (Å²) < 4.78 is 7.21. The number of hydrogen-bond acceptors (Lipinski definition) is 3. The molecule has 0 saturated carbocycles. The van der Waals surface area contributed by atoms with Gasteiger partial charge < -0.3 is 4.74 Å². The molecule has 160 valence electrons. The molecule has 0 saturated heterocycles. The second-order valence-corrected chi connectivity index (χ2v) is 8.54. The second-order valence-electron chi connectivity index (χ2n) is 7.63. The molecule has 4 aromatic carbocycles. The quantitative estimate of drug-likeness (QED) is 0.197. The third-order valence-corrected chi connectivity index (χ3v) is 5.63. The first-order chi connectivity index (χ1) is 15.6. The molecule has 32 heavy (non-hydrogen) atoms. The van der Waals surface area contributed by atoms with Crippen molar-refractivity contribution in [3.63, 3.8) is 0 Å². The van der Waals surface area contributed by atoms with Crippen molar-refractivity contribution >= 4 is 33.5 Å². The first-order valence-corrected chi connectivity index (χ1v) is 11.3. The lowest BCUT2D eigenvalue weighted by Crippen LogP contribution is -2.09. The van der Waals surface area contributed by atoms with E-state index in [1.807, 2.05) is 59.8 Å². The summed E-state index contributed by atoms with van der Waals surface area (Å²) in [4.78, 5) is 0. The van der Waals surface area contributed by atoms with Crippen LogP contribution in [0.25, 0.3) is 0 Å². The average molecular weight is 485 g/mol. The normalized spacial score (nSPS) is 11.0. The largest absolute Gasteiger partial charge is 0.488 e. The van der Waals surface area contributed by atoms with Gasteiger partial charge in [-0.25, -0.2) is 5.01 Å². The molecular weight excluding hydrogens is 460 g/mol. The Morgan fingerprint density at radius 1 is 0.781 bits per heavy atom. The maximum atomic E-state index is 6.14. The Kier molecular flexibility index (Phi) is 7.03. The molecule has 0 unspecified atom stereocenters. The summed E-state index contributed by atoms with van der Waals surface area (Å²) in [5.74, 6) is 0.924. The Morgan fingerprint density at radius 2 is 1.31 bits per heavy atom. The topological polar surface area (TPSA) is 24.8 Å². The molecule has 3 nitrogen and oxygen atoms in total. The highest BCUT2D eigenvalue weighted by molar-refractivity contribution is 9.10. The maximum absolute atomic E-state index is 6.14. The van der Waals surface area contributed by atoms with E-state index in [1.54, 1.807) is 0 Å². The van der Waals surface area contributed by atoms with Crippen LogP contribution in [0.5, 0.6) is 5.75 Å². The van der Waals surface area contributed by atoms with Crippen molar-refractivity contribution in [3.8, 4) is 5.75 Å². The molecule has 0 N–H and O–H groups in total. The van der Waals surface area contributed by atoms with E-state index in [0.717, 1.165) is 43.9 Å². The number of benzene rings is 4. The van der Waals surface area contributed by atoms with E-state index in [1.165, 1.54) is 0 Å². The van der Waals surface area contributed by atoms with Gasteiger partial charge in [-0.05, 0) is 84.6 Å². The van der Waals surface area contributed by atoms with Crippen LogP contribution in [0.2, 0.25) is 0 Å². The smallest absolute Gasteiger partial charge is 0.125 e. The predicted octanol–water partition coefficient (Wildman–Crippen LogP) is 7.82. The van der Waals surface area contributed by atoms with Gasteiger partial charge in [-0.1, -0.05) is 64.5 Å². The maximum Gasteiger partial charge on any atom is 0.125 e. The van der Waals surface area contributed by atoms with E-state index >= 15 is 0 Å². The highest BCUT2D eigenvalue weighted by Gasteiger charge is 2.09. The van der Waals surface area contributed by atoms with Crippen LogP contribution in [0, 0.1) is 13.8 Å². The van der Waals surface area contributed by atoms with Crippen LogP contribution in [0.4, 0.5) is 11.4 Å². The van der Waals surface area contributed by atoms with Gasteiger partial charge >= 0.3 is 0 Å². The van der Waals surface area contributed by atoms with Crippen molar-refractivity contribution in [3.05, 3.63) is 124 Å². The van der Waals surface area contributed by atoms with Gasteiger partial charge in [0.05, 0.1) is 17.6 Å². The zero-order chi connectivity index (χ0) is 22.3. The summed E-state index contributed by atoms with van der Waals surface area (Å²) in [6.07, 6.45) is 1.90. The molecule has 0 atom stereocenters. The van der Waals surface area contributed by atoms with Crippen LogP contribution in [-0.4, -0.2) is 6.21 Å². The molecule has 0 radical (unpaired) electrons. The molecule has 0 aromatic heterocycles. The molecule has 0 bridgehead atoms. The molecule has 4 rings (SSSR count). The zero-order valence-electron chi connectivity index (χ0n) is 18.2. The van der Waals surface area contributed by atoms with Gasteiger partial charge in [0, 0.05) is 4.47 Å². The van der Waals surface area contributed by atoms with Crippen LogP contribution in [0.1, 0.15) is 22.3 Å². The fourth-order valence-electron chi connectivity index (χ4n) is 3.57. The summed E-state index contributed by atoms with van der Waals surface area (Å²) in [7, 11) is 0. The Bertz CT molecular complexity index is 1130. The molecule has 0 aliphatic rings. The first kappa shape index (κ1) is 21.8. The fourth-order valence-corrected chi connectivity index (χ4v) is 3.83. The molecule has 0 aliphatic carbocycles. The van der Waals surface area contributed by atoms with Gasteiger partial charge in [-0.15, -0.1) is 0 Å². The lowest BCUT2D eigenvalue weighted by molar-refractivity contribution is 0.302. The van der Waals surface area contributed by atoms with Gasteiger partial charge in [0.25, 0.3) is 0 Å². The van der Waals surface area contributed by atoms with E-state index in [9.17, 15) is 0 Å². The van der Waals surface area contributed by atoms with Crippen LogP contribution in [-0.2, 0) is 6.61 Å². The van der Waals surface area contributed by atoms with E-state index < -0.39 is 0 Å². The highest BCUT2D eigenvalue weighted by Crippen LogP contribution is 2.27. The third kappa shape index (κ3) is 5.45. The standard InChI is InChI=1S/C28H25BrN2O/c1-21-17-24(18-22(2)28(21)32-20-23-13-15-25(29)16-14-23)19-30-31(26-9-5-3-6-10-26)27-11-7-4-8-12-27/h3-19H,20H2,1-2H3/b30-19-. The van der Waals surface area contributed by atoms with E-state index in [0.29, 0.717) is 6.61 Å². The van der Waals surface area contributed by atoms with Gasteiger partial charge in [-0.3, -0.25) is 0 Å². The summed E-state index contributed by atoms with van der Waals surface area (Å²) >= 11 is 3.47. The number of halogens is 1. The van der Waals surface area contributed by atoms with Crippen LogP contribution in [0.3, 0.4) is 0 Å². The second kappa shape index (κ2) is 10.3.